The third-order valence-corrected chi connectivity index (χ3v) is 4.51. The first-order chi connectivity index (χ1) is 8.99. The standard InChI is InChI=1S/C13H13BrN2O2S/c14-11-5-3-6-12(8-11)19(17,18)16-9-10-4-1-2-7-13(10)15/h1-8,16H,9,15H2. The number of anilines is 1. The van der Waals surface area contributed by atoms with Gasteiger partial charge in [0.25, 0.3) is 0 Å². The van der Waals surface area contributed by atoms with E-state index in [1.807, 2.05) is 12.1 Å². The number of hydrogen-bond acceptors (Lipinski definition) is 3. The van der Waals surface area contributed by atoms with E-state index >= 15 is 0 Å². The highest BCUT2D eigenvalue weighted by molar-refractivity contribution is 9.10. The molecule has 6 heteroatoms. The molecule has 0 unspecified atom stereocenters. The topological polar surface area (TPSA) is 72.2 Å². The molecule has 19 heavy (non-hydrogen) atoms. The third-order valence-electron chi connectivity index (χ3n) is 2.61. The van der Waals surface area contributed by atoms with Crippen LogP contribution in [-0.4, -0.2) is 8.42 Å². The van der Waals surface area contributed by atoms with Crippen LogP contribution in [0, 0.1) is 0 Å². The summed E-state index contributed by atoms with van der Waals surface area (Å²) in [5, 5.41) is 0. The van der Waals surface area contributed by atoms with Gasteiger partial charge >= 0.3 is 0 Å². The molecule has 2 aromatic carbocycles. The average Bonchev–Trinajstić information content (AvgIpc) is 2.38. The zero-order valence-corrected chi connectivity index (χ0v) is 12.4. The summed E-state index contributed by atoms with van der Waals surface area (Å²) in [6, 6.07) is 13.7. The molecule has 0 saturated heterocycles. The minimum atomic E-state index is -3.53. The van der Waals surface area contributed by atoms with Crippen LogP contribution in [0.3, 0.4) is 0 Å². The van der Waals surface area contributed by atoms with Crippen molar-refractivity contribution in [3.63, 3.8) is 0 Å². The Morgan fingerprint density at radius 2 is 1.84 bits per heavy atom. The van der Waals surface area contributed by atoms with Crippen LogP contribution in [0.25, 0.3) is 0 Å². The summed E-state index contributed by atoms with van der Waals surface area (Å²) in [7, 11) is -3.53. The van der Waals surface area contributed by atoms with Crippen LogP contribution >= 0.6 is 15.9 Å². The van der Waals surface area contributed by atoms with Crippen molar-refractivity contribution in [3.8, 4) is 0 Å². The lowest BCUT2D eigenvalue weighted by Gasteiger charge is -2.08. The van der Waals surface area contributed by atoms with Gasteiger partial charge in [-0.2, -0.15) is 0 Å². The highest BCUT2D eigenvalue weighted by Crippen LogP contribution is 2.17. The Kier molecular flexibility index (Phi) is 4.24. The average molecular weight is 341 g/mol. The number of rotatable bonds is 4. The van der Waals surface area contributed by atoms with Crippen LogP contribution in [0.4, 0.5) is 5.69 Å². The molecule has 0 fully saturated rings. The summed E-state index contributed by atoms with van der Waals surface area (Å²) in [6.07, 6.45) is 0. The van der Waals surface area contributed by atoms with Gasteiger partial charge in [-0.3, -0.25) is 0 Å². The number of nitrogens with two attached hydrogens (primary N) is 1. The zero-order valence-electron chi connectivity index (χ0n) is 10.0. The van der Waals surface area contributed by atoms with Crippen LogP contribution in [-0.2, 0) is 16.6 Å². The number of hydrogen-bond donors (Lipinski definition) is 2. The predicted molar refractivity (Wildman–Crippen MR) is 79.0 cm³/mol. The van der Waals surface area contributed by atoms with Gasteiger partial charge in [0.2, 0.25) is 10.0 Å². The monoisotopic (exact) mass is 340 g/mol. The Morgan fingerprint density at radius 3 is 2.53 bits per heavy atom. The minimum Gasteiger partial charge on any atom is -0.398 e. The number of nitrogens with one attached hydrogen (secondary N) is 1. The van der Waals surface area contributed by atoms with Crippen molar-refractivity contribution in [1.29, 1.82) is 0 Å². The Hall–Kier alpha value is -1.37. The number of halogens is 1. The van der Waals surface area contributed by atoms with E-state index < -0.39 is 10.0 Å². The van der Waals surface area contributed by atoms with Gasteiger partial charge in [0, 0.05) is 16.7 Å². The second kappa shape index (κ2) is 5.73. The lowest BCUT2D eigenvalue weighted by atomic mass is 10.2. The molecule has 3 N–H and O–H groups in total. The van der Waals surface area contributed by atoms with Gasteiger partial charge in [-0.1, -0.05) is 40.2 Å². The number of sulfonamides is 1. The molecule has 4 nitrogen and oxygen atoms in total. The smallest absolute Gasteiger partial charge is 0.240 e. The normalized spacial score (nSPS) is 11.4. The minimum absolute atomic E-state index is 0.168. The van der Waals surface area contributed by atoms with E-state index in [4.69, 9.17) is 5.73 Å². The zero-order chi connectivity index (χ0) is 13.9. The summed E-state index contributed by atoms with van der Waals surface area (Å²) in [4.78, 5) is 0.219. The van der Waals surface area contributed by atoms with E-state index in [9.17, 15) is 8.42 Å². The Labute approximate surface area is 120 Å². The van der Waals surface area contributed by atoms with Gasteiger partial charge in [-0.05, 0) is 29.8 Å². The first-order valence-electron chi connectivity index (χ1n) is 5.58. The molecule has 0 aliphatic rings. The van der Waals surface area contributed by atoms with Gasteiger partial charge in [-0.15, -0.1) is 0 Å². The molecule has 0 radical (unpaired) electrons. The molecule has 0 spiro atoms. The van der Waals surface area contributed by atoms with Crippen molar-refractivity contribution in [1.82, 2.24) is 4.72 Å². The lowest BCUT2D eigenvalue weighted by Crippen LogP contribution is -2.23. The van der Waals surface area contributed by atoms with Crippen molar-refractivity contribution in [2.45, 2.75) is 11.4 Å². The molecule has 0 aliphatic carbocycles. The van der Waals surface area contributed by atoms with Crippen LogP contribution < -0.4 is 10.5 Å². The van der Waals surface area contributed by atoms with Crippen LogP contribution in [0.5, 0.6) is 0 Å². The third kappa shape index (κ3) is 3.56. The number of nitrogen functional groups attached to an aromatic ring is 1. The maximum absolute atomic E-state index is 12.1. The highest BCUT2D eigenvalue weighted by Gasteiger charge is 2.14. The second-order valence-corrected chi connectivity index (χ2v) is 6.66. The van der Waals surface area contributed by atoms with Crippen molar-refractivity contribution < 1.29 is 8.42 Å². The SMILES string of the molecule is Nc1ccccc1CNS(=O)(=O)c1cccc(Br)c1. The molecule has 2 aromatic rings. The molecule has 0 aliphatic heterocycles. The van der Waals surface area contributed by atoms with Gasteiger partial charge in [-0.25, -0.2) is 13.1 Å². The first kappa shape index (κ1) is 14.0. The van der Waals surface area contributed by atoms with Gasteiger partial charge in [0.15, 0.2) is 0 Å². The fourth-order valence-corrected chi connectivity index (χ4v) is 3.19. The molecule has 0 amide bonds. The molecule has 2 rings (SSSR count). The summed E-state index contributed by atoms with van der Waals surface area (Å²) in [6.45, 7) is 0.168. The number of para-hydroxylation sites is 1. The van der Waals surface area contributed by atoms with Crippen molar-refractivity contribution in [3.05, 3.63) is 58.6 Å². The van der Waals surface area contributed by atoms with E-state index in [0.29, 0.717) is 5.69 Å². The molecule has 0 atom stereocenters. The van der Waals surface area contributed by atoms with E-state index in [1.54, 1.807) is 36.4 Å². The quantitative estimate of drug-likeness (QED) is 0.840. The summed E-state index contributed by atoms with van der Waals surface area (Å²) in [5.74, 6) is 0. The molecule has 0 heterocycles. The van der Waals surface area contributed by atoms with Crippen LogP contribution in [0.2, 0.25) is 0 Å². The molecular weight excluding hydrogens is 328 g/mol. The summed E-state index contributed by atoms with van der Waals surface area (Å²) < 4.78 is 27.4. The van der Waals surface area contributed by atoms with Crippen molar-refractivity contribution in [2.75, 3.05) is 5.73 Å². The largest absolute Gasteiger partial charge is 0.398 e. The number of benzene rings is 2. The second-order valence-electron chi connectivity index (χ2n) is 3.98. The lowest BCUT2D eigenvalue weighted by molar-refractivity contribution is 0.581. The molecule has 100 valence electrons. The molecule has 0 saturated carbocycles. The van der Waals surface area contributed by atoms with E-state index in [0.717, 1.165) is 10.0 Å². The van der Waals surface area contributed by atoms with Gasteiger partial charge in [0.05, 0.1) is 4.90 Å². The summed E-state index contributed by atoms with van der Waals surface area (Å²) in [5.41, 5.74) is 7.09. The maximum Gasteiger partial charge on any atom is 0.240 e. The molecular formula is C13H13BrN2O2S. The Bertz CT molecular complexity index is 687. The van der Waals surface area contributed by atoms with E-state index in [2.05, 4.69) is 20.7 Å². The van der Waals surface area contributed by atoms with Crippen LogP contribution in [0.15, 0.2) is 57.9 Å². The summed E-state index contributed by atoms with van der Waals surface area (Å²) >= 11 is 3.25. The van der Waals surface area contributed by atoms with E-state index in [1.165, 1.54) is 0 Å². The maximum atomic E-state index is 12.1. The Morgan fingerprint density at radius 1 is 1.11 bits per heavy atom. The van der Waals surface area contributed by atoms with Crippen LogP contribution in [0.1, 0.15) is 5.56 Å². The highest BCUT2D eigenvalue weighted by atomic mass is 79.9. The van der Waals surface area contributed by atoms with E-state index in [-0.39, 0.29) is 11.4 Å². The molecule has 0 aromatic heterocycles. The first-order valence-corrected chi connectivity index (χ1v) is 7.85. The molecule has 0 bridgehead atoms. The van der Waals surface area contributed by atoms with Gasteiger partial charge in [0.1, 0.15) is 0 Å². The predicted octanol–water partition coefficient (Wildman–Crippen LogP) is 2.51. The fraction of sp³-hybridized carbons (Fsp3) is 0.0769. The van der Waals surface area contributed by atoms with Crippen molar-refractivity contribution >= 4 is 31.6 Å². The van der Waals surface area contributed by atoms with Gasteiger partial charge < -0.3 is 5.73 Å². The van der Waals surface area contributed by atoms with Crippen molar-refractivity contribution in [2.24, 2.45) is 0 Å². The fourth-order valence-electron chi connectivity index (χ4n) is 1.59. The Balaban J connectivity index is 2.17.